The van der Waals surface area contributed by atoms with E-state index in [2.05, 4.69) is 5.32 Å². The van der Waals surface area contributed by atoms with Crippen LogP contribution in [0.5, 0.6) is 11.5 Å². The number of carbonyl (C=O) groups excluding carboxylic acids is 1. The number of nitrogens with zero attached hydrogens (tertiary/aromatic N) is 1. The van der Waals surface area contributed by atoms with Crippen LogP contribution in [0.3, 0.4) is 0 Å². The normalized spacial score (nSPS) is 17.9. The number of carbonyl (C=O) groups is 1. The molecule has 0 aromatic heterocycles. The van der Waals surface area contributed by atoms with Crippen molar-refractivity contribution in [1.82, 2.24) is 9.62 Å². The molecule has 0 saturated heterocycles. The van der Waals surface area contributed by atoms with Gasteiger partial charge >= 0.3 is 0 Å². The molecule has 7 nitrogen and oxygen atoms in total. The van der Waals surface area contributed by atoms with Crippen molar-refractivity contribution in [3.05, 3.63) is 54.1 Å². The fraction of sp³-hybridized carbons (Fsp3) is 0.381. The number of para-hydroxylation sites is 1. The predicted octanol–water partition coefficient (Wildman–Crippen LogP) is 2.73. The number of fused-ring (bicyclic) bond motifs is 1. The molecule has 0 saturated carbocycles. The third kappa shape index (κ3) is 4.71. The zero-order valence-electron chi connectivity index (χ0n) is 17.0. The number of hydrogen-bond acceptors (Lipinski definition) is 5. The zero-order valence-corrected chi connectivity index (χ0v) is 17.8. The SMILES string of the molecule is COc1ccc(S(=O)(=O)N(C)CC(=O)NC2CC(C)(C)Oc3ccccc32)cc1. The van der Waals surface area contributed by atoms with Crippen LogP contribution in [0.25, 0.3) is 0 Å². The minimum absolute atomic E-state index is 0.103. The second-order valence-corrected chi connectivity index (χ2v) is 9.71. The molecule has 2 aromatic rings. The molecule has 156 valence electrons. The molecule has 8 heteroatoms. The molecule has 0 radical (unpaired) electrons. The van der Waals surface area contributed by atoms with Gasteiger partial charge in [0.25, 0.3) is 0 Å². The molecule has 1 atom stereocenters. The number of rotatable bonds is 6. The summed E-state index contributed by atoms with van der Waals surface area (Å²) in [6.45, 7) is 3.64. The number of amides is 1. The summed E-state index contributed by atoms with van der Waals surface area (Å²) in [5.41, 5.74) is 0.453. The van der Waals surface area contributed by atoms with Gasteiger partial charge in [0.05, 0.1) is 24.6 Å². The van der Waals surface area contributed by atoms with Crippen molar-refractivity contribution in [2.45, 2.75) is 36.8 Å². The van der Waals surface area contributed by atoms with E-state index in [0.29, 0.717) is 12.2 Å². The van der Waals surface area contributed by atoms with E-state index in [1.807, 2.05) is 38.1 Å². The Balaban J connectivity index is 1.71. The van der Waals surface area contributed by atoms with Gasteiger partial charge in [-0.15, -0.1) is 0 Å². The first kappa shape index (κ1) is 21.1. The molecule has 1 amide bonds. The highest BCUT2D eigenvalue weighted by Crippen LogP contribution is 2.39. The summed E-state index contributed by atoms with van der Waals surface area (Å²) in [5, 5.41) is 2.96. The summed E-state index contributed by atoms with van der Waals surface area (Å²) in [7, 11) is -0.891. The highest BCUT2D eigenvalue weighted by Gasteiger charge is 2.34. The van der Waals surface area contributed by atoms with E-state index in [1.54, 1.807) is 12.1 Å². The van der Waals surface area contributed by atoms with Crippen molar-refractivity contribution in [2.75, 3.05) is 20.7 Å². The number of sulfonamides is 1. The molecule has 2 aromatic carbocycles. The molecule has 1 N–H and O–H groups in total. The van der Waals surface area contributed by atoms with Gasteiger partial charge in [-0.1, -0.05) is 18.2 Å². The summed E-state index contributed by atoms with van der Waals surface area (Å²) >= 11 is 0. The minimum atomic E-state index is -3.79. The van der Waals surface area contributed by atoms with E-state index in [0.717, 1.165) is 15.6 Å². The molecule has 29 heavy (non-hydrogen) atoms. The van der Waals surface area contributed by atoms with Crippen LogP contribution < -0.4 is 14.8 Å². The second kappa shape index (κ2) is 8.04. The maximum absolute atomic E-state index is 12.7. The Bertz CT molecular complexity index is 986. The Kier molecular flexibility index (Phi) is 5.86. The molecule has 0 spiro atoms. The lowest BCUT2D eigenvalue weighted by molar-refractivity contribution is -0.122. The summed E-state index contributed by atoms with van der Waals surface area (Å²) in [6.07, 6.45) is 0.588. The maximum atomic E-state index is 12.7. The molecule has 0 aliphatic carbocycles. The quantitative estimate of drug-likeness (QED) is 0.780. The Morgan fingerprint density at radius 3 is 2.52 bits per heavy atom. The fourth-order valence-electron chi connectivity index (χ4n) is 3.39. The second-order valence-electron chi connectivity index (χ2n) is 7.66. The van der Waals surface area contributed by atoms with E-state index in [1.165, 1.54) is 26.3 Å². The maximum Gasteiger partial charge on any atom is 0.243 e. The van der Waals surface area contributed by atoms with Crippen molar-refractivity contribution in [1.29, 1.82) is 0 Å². The number of ether oxygens (including phenoxy) is 2. The molecule has 3 rings (SSSR count). The molecule has 1 aliphatic rings. The monoisotopic (exact) mass is 418 g/mol. The van der Waals surface area contributed by atoms with Crippen LogP contribution >= 0.6 is 0 Å². The lowest BCUT2D eigenvalue weighted by atomic mass is 9.89. The van der Waals surface area contributed by atoms with Gasteiger partial charge in [-0.3, -0.25) is 4.79 Å². The van der Waals surface area contributed by atoms with Crippen molar-refractivity contribution >= 4 is 15.9 Å². The van der Waals surface area contributed by atoms with Gasteiger partial charge in [-0.2, -0.15) is 4.31 Å². The number of nitrogens with one attached hydrogen (secondary N) is 1. The Labute approximate surface area is 171 Å². The zero-order chi connectivity index (χ0) is 21.2. The van der Waals surface area contributed by atoms with E-state index < -0.39 is 15.6 Å². The lowest BCUT2D eigenvalue weighted by Crippen LogP contribution is -2.44. The molecule has 1 unspecified atom stereocenters. The number of hydrogen-bond donors (Lipinski definition) is 1. The third-order valence-corrected chi connectivity index (χ3v) is 6.66. The van der Waals surface area contributed by atoms with Gasteiger partial charge < -0.3 is 14.8 Å². The third-order valence-electron chi connectivity index (χ3n) is 4.85. The van der Waals surface area contributed by atoms with Crippen LogP contribution in [0.2, 0.25) is 0 Å². The Hall–Kier alpha value is -2.58. The van der Waals surface area contributed by atoms with Gasteiger partial charge in [0.2, 0.25) is 15.9 Å². The average molecular weight is 419 g/mol. The highest BCUT2D eigenvalue weighted by molar-refractivity contribution is 7.89. The molecule has 0 bridgehead atoms. The molecular formula is C21H26N2O5S. The van der Waals surface area contributed by atoms with Gasteiger partial charge in [-0.05, 0) is 44.2 Å². The summed E-state index contributed by atoms with van der Waals surface area (Å²) in [5.74, 6) is 0.917. The first-order valence-electron chi connectivity index (χ1n) is 9.30. The minimum Gasteiger partial charge on any atom is -0.497 e. The standard InChI is InChI=1S/C21H26N2O5S/c1-21(2)13-18(17-7-5-6-8-19(17)28-21)22-20(24)14-23(3)29(25,26)16-11-9-15(27-4)10-12-16/h5-12,18H,13-14H2,1-4H3,(H,22,24). The van der Waals surface area contributed by atoms with Crippen LogP contribution in [-0.4, -0.2) is 44.9 Å². The predicted molar refractivity (Wildman–Crippen MR) is 109 cm³/mol. The summed E-state index contributed by atoms with van der Waals surface area (Å²) in [4.78, 5) is 12.7. The van der Waals surface area contributed by atoms with Crippen molar-refractivity contribution < 1.29 is 22.7 Å². The van der Waals surface area contributed by atoms with Gasteiger partial charge in [-0.25, -0.2) is 8.42 Å². The Morgan fingerprint density at radius 1 is 1.21 bits per heavy atom. The molecular weight excluding hydrogens is 392 g/mol. The molecule has 1 aliphatic heterocycles. The topological polar surface area (TPSA) is 84.9 Å². The smallest absolute Gasteiger partial charge is 0.243 e. The van der Waals surface area contributed by atoms with Gasteiger partial charge in [0.1, 0.15) is 17.1 Å². The van der Waals surface area contributed by atoms with Crippen LogP contribution in [-0.2, 0) is 14.8 Å². The number of benzene rings is 2. The fourth-order valence-corrected chi connectivity index (χ4v) is 4.51. The van der Waals surface area contributed by atoms with Gasteiger partial charge in [0.15, 0.2) is 0 Å². The van der Waals surface area contributed by atoms with E-state index in [9.17, 15) is 13.2 Å². The van der Waals surface area contributed by atoms with E-state index >= 15 is 0 Å². The van der Waals surface area contributed by atoms with E-state index in [4.69, 9.17) is 9.47 Å². The first-order chi connectivity index (χ1) is 13.6. The summed E-state index contributed by atoms with van der Waals surface area (Å²) < 4.78 is 37.6. The first-order valence-corrected chi connectivity index (χ1v) is 10.7. The molecule has 0 fully saturated rings. The van der Waals surface area contributed by atoms with Gasteiger partial charge in [0, 0.05) is 19.0 Å². The van der Waals surface area contributed by atoms with Crippen molar-refractivity contribution in [2.24, 2.45) is 0 Å². The van der Waals surface area contributed by atoms with Crippen molar-refractivity contribution in [3.63, 3.8) is 0 Å². The van der Waals surface area contributed by atoms with Crippen LogP contribution in [0.1, 0.15) is 31.9 Å². The van der Waals surface area contributed by atoms with Crippen molar-refractivity contribution in [3.8, 4) is 11.5 Å². The van der Waals surface area contributed by atoms with Crippen LogP contribution in [0, 0.1) is 0 Å². The van der Waals surface area contributed by atoms with Crippen LogP contribution in [0.15, 0.2) is 53.4 Å². The lowest BCUT2D eigenvalue weighted by Gasteiger charge is -2.38. The highest BCUT2D eigenvalue weighted by atomic mass is 32.2. The average Bonchev–Trinajstić information content (AvgIpc) is 2.67. The largest absolute Gasteiger partial charge is 0.497 e. The summed E-state index contributed by atoms with van der Waals surface area (Å²) in [6, 6.07) is 13.4. The number of methoxy groups -OCH3 is 1. The number of likely N-dealkylation sites (N-methyl/N-ethyl adjacent to an activating group) is 1. The molecule has 1 heterocycles. The Morgan fingerprint density at radius 2 is 1.86 bits per heavy atom. The van der Waals surface area contributed by atoms with E-state index in [-0.39, 0.29) is 23.4 Å². The van der Waals surface area contributed by atoms with Crippen LogP contribution in [0.4, 0.5) is 0 Å².